The summed E-state index contributed by atoms with van der Waals surface area (Å²) >= 11 is 0. The Morgan fingerprint density at radius 2 is 1.86 bits per heavy atom. The number of fused-ring (bicyclic) bond motifs is 5. The van der Waals surface area contributed by atoms with Crippen molar-refractivity contribution in [3.63, 3.8) is 0 Å². The standard InChI is InChI=1S/C24H36O4/c1-14-16(12-22(26)27)11-21-19-6-5-17-13-18(28-15(2)25)7-9-24(17,4)20(19)8-10-23(14,21)3/h16-21H,1,5-13H2,2-4H3,(H,26,27)/t16?,17-,18-,19-,20+,21+,23-,24+/m1/s1. The van der Waals surface area contributed by atoms with E-state index in [0.717, 1.165) is 38.0 Å². The number of aliphatic carboxylic acids is 1. The van der Waals surface area contributed by atoms with Crippen molar-refractivity contribution in [2.75, 3.05) is 0 Å². The number of hydrogen-bond acceptors (Lipinski definition) is 3. The summed E-state index contributed by atoms with van der Waals surface area (Å²) in [5, 5.41) is 9.35. The number of ether oxygens (including phenoxy) is 1. The maximum atomic E-state index is 11.4. The van der Waals surface area contributed by atoms with Crippen molar-refractivity contribution in [2.45, 2.75) is 84.7 Å². The van der Waals surface area contributed by atoms with Crippen LogP contribution in [-0.4, -0.2) is 23.1 Å². The summed E-state index contributed by atoms with van der Waals surface area (Å²) in [5.41, 5.74) is 1.68. The smallest absolute Gasteiger partial charge is 0.303 e. The fourth-order valence-electron chi connectivity index (χ4n) is 8.05. The molecule has 0 aromatic rings. The second-order valence-corrected chi connectivity index (χ2v) is 10.7. The fraction of sp³-hybridized carbons (Fsp3) is 0.833. The highest BCUT2D eigenvalue weighted by molar-refractivity contribution is 5.68. The average molecular weight is 389 g/mol. The third kappa shape index (κ3) is 3.02. The molecule has 4 saturated carbocycles. The number of carboxylic acids is 1. The van der Waals surface area contributed by atoms with Crippen LogP contribution < -0.4 is 0 Å². The van der Waals surface area contributed by atoms with Crippen molar-refractivity contribution in [1.82, 2.24) is 0 Å². The lowest BCUT2D eigenvalue weighted by Crippen LogP contribution is -2.53. The van der Waals surface area contributed by atoms with Gasteiger partial charge in [-0.2, -0.15) is 0 Å². The van der Waals surface area contributed by atoms with Gasteiger partial charge in [-0.25, -0.2) is 0 Å². The molecule has 4 aliphatic rings. The van der Waals surface area contributed by atoms with E-state index >= 15 is 0 Å². The number of carboxylic acid groups (broad SMARTS) is 1. The predicted molar refractivity (Wildman–Crippen MR) is 108 cm³/mol. The van der Waals surface area contributed by atoms with Gasteiger partial charge in [-0.3, -0.25) is 9.59 Å². The van der Waals surface area contributed by atoms with Gasteiger partial charge < -0.3 is 9.84 Å². The minimum atomic E-state index is -0.690. The summed E-state index contributed by atoms with van der Waals surface area (Å²) in [5.74, 6) is 1.97. The van der Waals surface area contributed by atoms with Crippen molar-refractivity contribution in [3.05, 3.63) is 12.2 Å². The van der Waals surface area contributed by atoms with Crippen LogP contribution in [0.15, 0.2) is 12.2 Å². The van der Waals surface area contributed by atoms with Crippen molar-refractivity contribution in [2.24, 2.45) is 40.4 Å². The third-order valence-corrected chi connectivity index (χ3v) is 9.53. The second-order valence-electron chi connectivity index (χ2n) is 10.7. The van der Waals surface area contributed by atoms with E-state index < -0.39 is 5.97 Å². The summed E-state index contributed by atoms with van der Waals surface area (Å²) in [6.07, 6.45) is 9.38. The maximum Gasteiger partial charge on any atom is 0.303 e. The quantitative estimate of drug-likeness (QED) is 0.532. The summed E-state index contributed by atoms with van der Waals surface area (Å²) in [4.78, 5) is 22.8. The van der Waals surface area contributed by atoms with Crippen LogP contribution in [0, 0.1) is 40.4 Å². The predicted octanol–water partition coefficient (Wildman–Crippen LogP) is 5.22. The highest BCUT2D eigenvalue weighted by Crippen LogP contribution is 2.68. The molecule has 28 heavy (non-hydrogen) atoms. The lowest BCUT2D eigenvalue weighted by Gasteiger charge is -2.60. The van der Waals surface area contributed by atoms with Crippen LogP contribution in [0.4, 0.5) is 0 Å². The van der Waals surface area contributed by atoms with Gasteiger partial charge in [0.15, 0.2) is 0 Å². The molecule has 4 rings (SSSR count). The molecule has 4 aliphatic carbocycles. The Bertz CT molecular complexity index is 684. The Hall–Kier alpha value is -1.32. The van der Waals surface area contributed by atoms with Gasteiger partial charge in [0, 0.05) is 6.92 Å². The van der Waals surface area contributed by atoms with E-state index in [9.17, 15) is 14.7 Å². The van der Waals surface area contributed by atoms with Crippen LogP contribution in [0.5, 0.6) is 0 Å². The van der Waals surface area contributed by atoms with Gasteiger partial charge in [-0.15, -0.1) is 0 Å². The van der Waals surface area contributed by atoms with Crippen molar-refractivity contribution in [1.29, 1.82) is 0 Å². The van der Waals surface area contributed by atoms with Gasteiger partial charge >= 0.3 is 11.9 Å². The van der Waals surface area contributed by atoms with E-state index in [0.29, 0.717) is 23.2 Å². The number of hydrogen-bond donors (Lipinski definition) is 1. The summed E-state index contributed by atoms with van der Waals surface area (Å²) in [6.45, 7) is 10.8. The highest BCUT2D eigenvalue weighted by atomic mass is 16.5. The number of carbonyl (C=O) groups excluding carboxylic acids is 1. The molecule has 0 radical (unpaired) electrons. The normalized spacial score (nSPS) is 47.6. The molecule has 0 bridgehead atoms. The van der Waals surface area contributed by atoms with Gasteiger partial charge in [-0.05, 0) is 91.8 Å². The Kier molecular flexibility index (Phi) is 4.91. The van der Waals surface area contributed by atoms with Crippen molar-refractivity contribution < 1.29 is 19.4 Å². The first kappa shape index (κ1) is 20.0. The maximum absolute atomic E-state index is 11.4. The van der Waals surface area contributed by atoms with Crippen LogP contribution in [0.2, 0.25) is 0 Å². The molecule has 0 heterocycles. The number of rotatable bonds is 3. The van der Waals surface area contributed by atoms with Crippen LogP contribution in [0.1, 0.15) is 78.6 Å². The molecule has 4 fully saturated rings. The molecule has 0 aliphatic heterocycles. The Morgan fingerprint density at radius 3 is 2.54 bits per heavy atom. The topological polar surface area (TPSA) is 63.6 Å². The summed E-state index contributed by atoms with van der Waals surface area (Å²) in [7, 11) is 0. The van der Waals surface area contributed by atoms with E-state index in [1.807, 2.05) is 0 Å². The second kappa shape index (κ2) is 6.88. The molecular formula is C24H36O4. The van der Waals surface area contributed by atoms with E-state index in [4.69, 9.17) is 4.74 Å². The molecular weight excluding hydrogens is 352 g/mol. The molecule has 4 nitrogen and oxygen atoms in total. The third-order valence-electron chi connectivity index (χ3n) is 9.53. The van der Waals surface area contributed by atoms with Crippen molar-refractivity contribution in [3.8, 4) is 0 Å². The summed E-state index contributed by atoms with van der Waals surface area (Å²) < 4.78 is 5.57. The zero-order valence-corrected chi connectivity index (χ0v) is 17.7. The van der Waals surface area contributed by atoms with E-state index in [-0.39, 0.29) is 29.8 Å². The highest BCUT2D eigenvalue weighted by Gasteiger charge is 2.60. The van der Waals surface area contributed by atoms with Crippen LogP contribution >= 0.6 is 0 Å². The van der Waals surface area contributed by atoms with Crippen molar-refractivity contribution >= 4 is 11.9 Å². The first-order valence-electron chi connectivity index (χ1n) is 11.2. The number of allylic oxidation sites excluding steroid dienone is 1. The molecule has 1 unspecified atom stereocenters. The molecule has 0 spiro atoms. The number of carbonyl (C=O) groups is 2. The average Bonchev–Trinajstić information content (AvgIpc) is 2.86. The molecule has 0 amide bonds. The zero-order valence-electron chi connectivity index (χ0n) is 17.7. The van der Waals surface area contributed by atoms with Gasteiger partial charge in [-0.1, -0.05) is 26.0 Å². The molecule has 0 saturated heterocycles. The molecule has 0 aromatic carbocycles. The lowest BCUT2D eigenvalue weighted by molar-refractivity contribution is -0.158. The van der Waals surface area contributed by atoms with Gasteiger partial charge in [0.2, 0.25) is 0 Å². The van der Waals surface area contributed by atoms with Gasteiger partial charge in [0.05, 0.1) is 6.42 Å². The molecule has 1 N–H and O–H groups in total. The molecule has 8 atom stereocenters. The minimum absolute atomic E-state index is 0.104. The van der Waals surface area contributed by atoms with E-state index in [2.05, 4.69) is 20.4 Å². The largest absolute Gasteiger partial charge is 0.481 e. The first-order chi connectivity index (χ1) is 13.1. The Morgan fingerprint density at radius 1 is 1.11 bits per heavy atom. The first-order valence-corrected chi connectivity index (χ1v) is 11.2. The zero-order chi connectivity index (χ0) is 20.3. The minimum Gasteiger partial charge on any atom is -0.481 e. The van der Waals surface area contributed by atoms with Gasteiger partial charge in [0.1, 0.15) is 6.10 Å². The van der Waals surface area contributed by atoms with E-state index in [1.54, 1.807) is 0 Å². The van der Waals surface area contributed by atoms with E-state index in [1.165, 1.54) is 31.8 Å². The fourth-order valence-corrected chi connectivity index (χ4v) is 8.05. The van der Waals surface area contributed by atoms with Crippen LogP contribution in [0.3, 0.4) is 0 Å². The Balaban J connectivity index is 1.54. The molecule has 0 aromatic heterocycles. The summed E-state index contributed by atoms with van der Waals surface area (Å²) in [6, 6.07) is 0. The number of esters is 1. The lowest BCUT2D eigenvalue weighted by atomic mass is 9.45. The molecule has 156 valence electrons. The Labute approximate surface area is 169 Å². The molecule has 4 heteroatoms. The van der Waals surface area contributed by atoms with Gasteiger partial charge in [0.25, 0.3) is 0 Å². The SMILES string of the molecule is C=C1C(CC(=O)O)C[C@H]2[C@@H]3CC[C@@H]4C[C@H](OC(C)=O)CC[C@]4(C)[C@H]3CC[C@]12C. The van der Waals surface area contributed by atoms with Crippen LogP contribution in [-0.2, 0) is 14.3 Å². The monoisotopic (exact) mass is 388 g/mol. The van der Waals surface area contributed by atoms with Crippen LogP contribution in [0.25, 0.3) is 0 Å².